The lowest BCUT2D eigenvalue weighted by atomic mass is 10.1. The van der Waals surface area contributed by atoms with Gasteiger partial charge in [0.1, 0.15) is 0 Å². The quantitative estimate of drug-likeness (QED) is 0.800. The maximum atomic E-state index is 5.15. The third kappa shape index (κ3) is 3.12. The molecule has 0 saturated heterocycles. The van der Waals surface area contributed by atoms with Crippen LogP contribution in [-0.2, 0) is 13.1 Å². The number of benzene rings is 1. The molecule has 116 valence electrons. The van der Waals surface area contributed by atoms with E-state index < -0.39 is 0 Å². The Bertz CT molecular complexity index is 769. The summed E-state index contributed by atoms with van der Waals surface area (Å²) >= 11 is 0. The highest BCUT2D eigenvalue weighted by Crippen LogP contribution is 2.26. The number of anilines is 1. The normalized spacial score (nSPS) is 14.8. The van der Waals surface area contributed by atoms with Gasteiger partial charge in [-0.15, -0.1) is 0 Å². The second kappa shape index (κ2) is 6.26. The maximum Gasteiger partial charge on any atom is 0.0996 e. The second-order valence-corrected chi connectivity index (χ2v) is 5.86. The van der Waals surface area contributed by atoms with Gasteiger partial charge < -0.3 is 9.73 Å². The molecule has 0 fully saturated rings. The number of hydrogen-bond acceptors (Lipinski definition) is 4. The van der Waals surface area contributed by atoms with Gasteiger partial charge in [-0.25, -0.2) is 0 Å². The molecule has 1 aliphatic rings. The molecule has 2 aromatic heterocycles. The van der Waals surface area contributed by atoms with E-state index in [1.165, 1.54) is 16.8 Å². The van der Waals surface area contributed by atoms with Crippen molar-refractivity contribution >= 4 is 5.69 Å². The fraction of sp³-hybridized carbons (Fsp3) is 0.211. The van der Waals surface area contributed by atoms with Crippen molar-refractivity contribution < 1.29 is 4.42 Å². The third-order valence-corrected chi connectivity index (χ3v) is 4.19. The standard InChI is InChI=1S/C19H19N3O/c1-2-4-15(5-3-1)12-22-8-7-20-19-10-18(16-6-9-23-14-16)21-11-17(19)13-22/h1-6,9-11,14,20H,7-8,12-13H2. The Labute approximate surface area is 135 Å². The van der Waals surface area contributed by atoms with E-state index in [4.69, 9.17) is 4.42 Å². The van der Waals surface area contributed by atoms with Crippen LogP contribution in [0.4, 0.5) is 5.69 Å². The Morgan fingerprint density at radius 1 is 1.17 bits per heavy atom. The molecular formula is C19H19N3O. The molecule has 0 amide bonds. The average molecular weight is 305 g/mol. The number of rotatable bonds is 3. The number of aromatic nitrogens is 1. The van der Waals surface area contributed by atoms with Gasteiger partial charge in [-0.1, -0.05) is 30.3 Å². The van der Waals surface area contributed by atoms with Crippen molar-refractivity contribution in [3.05, 3.63) is 72.3 Å². The SMILES string of the molecule is c1ccc(CN2CCNc3cc(-c4ccoc4)ncc3C2)cc1. The molecule has 3 aromatic rings. The van der Waals surface area contributed by atoms with Crippen LogP contribution in [0.3, 0.4) is 0 Å². The first-order chi connectivity index (χ1) is 11.4. The van der Waals surface area contributed by atoms with Crippen LogP contribution in [0.15, 0.2) is 65.6 Å². The second-order valence-electron chi connectivity index (χ2n) is 5.86. The lowest BCUT2D eigenvalue weighted by molar-refractivity contribution is 0.271. The van der Waals surface area contributed by atoms with E-state index in [9.17, 15) is 0 Å². The van der Waals surface area contributed by atoms with Crippen molar-refractivity contribution in [3.8, 4) is 11.3 Å². The van der Waals surface area contributed by atoms with Gasteiger partial charge in [0.15, 0.2) is 0 Å². The summed E-state index contributed by atoms with van der Waals surface area (Å²) in [4.78, 5) is 7.04. The zero-order chi connectivity index (χ0) is 15.5. The Morgan fingerprint density at radius 3 is 2.91 bits per heavy atom. The molecule has 4 rings (SSSR count). The molecule has 0 radical (unpaired) electrons. The van der Waals surface area contributed by atoms with E-state index in [1.54, 1.807) is 12.5 Å². The zero-order valence-corrected chi connectivity index (χ0v) is 12.9. The number of hydrogen-bond donors (Lipinski definition) is 1. The van der Waals surface area contributed by atoms with Crippen LogP contribution >= 0.6 is 0 Å². The van der Waals surface area contributed by atoms with Crippen LogP contribution < -0.4 is 5.32 Å². The number of nitrogens with zero attached hydrogens (tertiary/aromatic N) is 2. The first kappa shape index (κ1) is 14.0. The van der Waals surface area contributed by atoms with Crippen LogP contribution in [0.25, 0.3) is 11.3 Å². The molecule has 1 aliphatic heterocycles. The summed E-state index contributed by atoms with van der Waals surface area (Å²) in [7, 11) is 0. The lowest BCUT2D eigenvalue weighted by Gasteiger charge is -2.19. The molecule has 4 nitrogen and oxygen atoms in total. The van der Waals surface area contributed by atoms with Crippen LogP contribution in [-0.4, -0.2) is 23.0 Å². The number of nitrogens with one attached hydrogen (secondary N) is 1. The van der Waals surface area contributed by atoms with Crippen molar-refractivity contribution in [1.82, 2.24) is 9.88 Å². The van der Waals surface area contributed by atoms with Crippen molar-refractivity contribution in [3.63, 3.8) is 0 Å². The Kier molecular flexibility index (Phi) is 3.82. The fourth-order valence-electron chi connectivity index (χ4n) is 2.99. The predicted octanol–water partition coefficient (Wildman–Crippen LogP) is 3.77. The van der Waals surface area contributed by atoms with E-state index in [0.717, 1.165) is 37.4 Å². The topological polar surface area (TPSA) is 41.3 Å². The molecular weight excluding hydrogens is 286 g/mol. The monoisotopic (exact) mass is 305 g/mol. The molecule has 4 heteroatoms. The molecule has 23 heavy (non-hydrogen) atoms. The van der Waals surface area contributed by atoms with Crippen LogP contribution in [0, 0.1) is 0 Å². The summed E-state index contributed by atoms with van der Waals surface area (Å²) in [6.07, 6.45) is 5.39. The molecule has 0 atom stereocenters. The van der Waals surface area contributed by atoms with Gasteiger partial charge >= 0.3 is 0 Å². The number of pyridine rings is 1. The van der Waals surface area contributed by atoms with Crippen LogP contribution in [0.5, 0.6) is 0 Å². The first-order valence-corrected chi connectivity index (χ1v) is 7.90. The zero-order valence-electron chi connectivity index (χ0n) is 12.9. The van der Waals surface area contributed by atoms with Gasteiger partial charge in [0, 0.05) is 49.2 Å². The molecule has 0 aliphatic carbocycles. The minimum absolute atomic E-state index is 0.913. The molecule has 0 bridgehead atoms. The van der Waals surface area contributed by atoms with E-state index in [-0.39, 0.29) is 0 Å². The minimum Gasteiger partial charge on any atom is -0.472 e. The first-order valence-electron chi connectivity index (χ1n) is 7.90. The van der Waals surface area contributed by atoms with Crippen molar-refractivity contribution in [2.45, 2.75) is 13.1 Å². The molecule has 1 aromatic carbocycles. The molecule has 0 spiro atoms. The van der Waals surface area contributed by atoms with E-state index in [1.807, 2.05) is 12.3 Å². The largest absolute Gasteiger partial charge is 0.472 e. The maximum absolute atomic E-state index is 5.15. The Morgan fingerprint density at radius 2 is 2.09 bits per heavy atom. The molecule has 1 N–H and O–H groups in total. The van der Waals surface area contributed by atoms with Gasteiger partial charge in [0.05, 0.1) is 18.2 Å². The van der Waals surface area contributed by atoms with Crippen molar-refractivity contribution in [1.29, 1.82) is 0 Å². The summed E-state index contributed by atoms with van der Waals surface area (Å²) < 4.78 is 5.15. The van der Waals surface area contributed by atoms with E-state index in [2.05, 4.69) is 51.6 Å². The van der Waals surface area contributed by atoms with E-state index in [0.29, 0.717) is 0 Å². The average Bonchev–Trinajstić information content (AvgIpc) is 3.04. The van der Waals surface area contributed by atoms with E-state index >= 15 is 0 Å². The molecule has 0 unspecified atom stereocenters. The van der Waals surface area contributed by atoms with Gasteiger partial charge in [-0.05, 0) is 17.7 Å². The highest BCUT2D eigenvalue weighted by Gasteiger charge is 2.15. The number of furan rings is 1. The highest BCUT2D eigenvalue weighted by molar-refractivity contribution is 5.65. The van der Waals surface area contributed by atoms with Crippen LogP contribution in [0.1, 0.15) is 11.1 Å². The van der Waals surface area contributed by atoms with Gasteiger partial charge in [0.2, 0.25) is 0 Å². The highest BCUT2D eigenvalue weighted by atomic mass is 16.3. The molecule has 3 heterocycles. The third-order valence-electron chi connectivity index (χ3n) is 4.19. The Balaban J connectivity index is 1.55. The summed E-state index contributed by atoms with van der Waals surface area (Å²) in [5.74, 6) is 0. The smallest absolute Gasteiger partial charge is 0.0996 e. The van der Waals surface area contributed by atoms with Crippen molar-refractivity contribution in [2.24, 2.45) is 0 Å². The Hall–Kier alpha value is -2.59. The summed E-state index contributed by atoms with van der Waals surface area (Å²) in [5.41, 5.74) is 5.72. The fourth-order valence-corrected chi connectivity index (χ4v) is 2.99. The predicted molar refractivity (Wildman–Crippen MR) is 91.0 cm³/mol. The van der Waals surface area contributed by atoms with Gasteiger partial charge in [-0.2, -0.15) is 0 Å². The summed E-state index contributed by atoms with van der Waals surface area (Å²) in [5, 5.41) is 3.53. The van der Waals surface area contributed by atoms with Crippen LogP contribution in [0.2, 0.25) is 0 Å². The van der Waals surface area contributed by atoms with Gasteiger partial charge in [-0.3, -0.25) is 9.88 Å². The van der Waals surface area contributed by atoms with Crippen molar-refractivity contribution in [2.75, 3.05) is 18.4 Å². The molecule has 0 saturated carbocycles. The summed E-state index contributed by atoms with van der Waals surface area (Å²) in [6.45, 7) is 3.83. The van der Waals surface area contributed by atoms with Gasteiger partial charge in [0.25, 0.3) is 0 Å². The number of fused-ring (bicyclic) bond motifs is 1. The lowest BCUT2D eigenvalue weighted by Crippen LogP contribution is -2.25. The minimum atomic E-state index is 0.913. The summed E-state index contributed by atoms with van der Waals surface area (Å²) in [6, 6.07) is 14.7.